The monoisotopic (exact) mass is 567 g/mol. The number of rotatable bonds is 2. The van der Waals surface area contributed by atoms with E-state index in [1.54, 1.807) is 27.8 Å². The highest BCUT2D eigenvalue weighted by molar-refractivity contribution is 9.10. The third-order valence-corrected chi connectivity index (χ3v) is 7.06. The van der Waals surface area contributed by atoms with Gasteiger partial charge in [-0.15, -0.1) is 0 Å². The number of carbonyl (C=O) groups excluding carboxylic acids is 3. The molecule has 2 aliphatic heterocycles. The number of ether oxygens (including phenoxy) is 1. The number of imide groups is 1. The molecular weight excluding hydrogens is 545 g/mol. The smallest absolute Gasteiger partial charge is 0.410 e. The molecular formula is C24H24BrCl2N3O4. The zero-order valence-corrected chi connectivity index (χ0v) is 22.2. The summed E-state index contributed by atoms with van der Waals surface area (Å²) in [7, 11) is 1.58. The maximum Gasteiger partial charge on any atom is 0.410 e. The largest absolute Gasteiger partial charge is 0.444 e. The van der Waals surface area contributed by atoms with Gasteiger partial charge in [0.2, 0.25) is 0 Å². The number of amides is 4. The van der Waals surface area contributed by atoms with Crippen LogP contribution >= 0.6 is 39.1 Å². The van der Waals surface area contributed by atoms with Gasteiger partial charge in [-0.25, -0.2) is 14.5 Å². The molecule has 0 radical (unpaired) electrons. The van der Waals surface area contributed by atoms with Gasteiger partial charge < -0.3 is 14.5 Å². The zero-order valence-electron chi connectivity index (χ0n) is 19.1. The van der Waals surface area contributed by atoms with Crippen molar-refractivity contribution in [1.82, 2.24) is 9.80 Å². The molecule has 0 unspecified atom stereocenters. The van der Waals surface area contributed by atoms with Crippen molar-refractivity contribution in [2.75, 3.05) is 25.0 Å². The van der Waals surface area contributed by atoms with E-state index in [4.69, 9.17) is 27.9 Å². The molecule has 4 amide bonds. The molecule has 2 heterocycles. The van der Waals surface area contributed by atoms with Gasteiger partial charge in [0, 0.05) is 34.0 Å². The van der Waals surface area contributed by atoms with Gasteiger partial charge in [-0.1, -0.05) is 51.3 Å². The fourth-order valence-corrected chi connectivity index (χ4v) is 5.35. The van der Waals surface area contributed by atoms with Crippen LogP contribution in [0.5, 0.6) is 0 Å². The molecule has 2 atom stereocenters. The Bertz CT molecular complexity index is 1150. The van der Waals surface area contributed by atoms with Gasteiger partial charge in [-0.05, 0) is 56.7 Å². The summed E-state index contributed by atoms with van der Waals surface area (Å²) >= 11 is 15.7. The summed E-state index contributed by atoms with van der Waals surface area (Å²) in [6.07, 6.45) is -0.538. The lowest BCUT2D eigenvalue weighted by atomic mass is 9.81. The number of nitrogens with zero attached hydrogens (tertiary/aromatic N) is 3. The zero-order chi connectivity index (χ0) is 25.0. The van der Waals surface area contributed by atoms with Gasteiger partial charge in [0.25, 0.3) is 5.91 Å². The first-order valence-corrected chi connectivity index (χ1v) is 12.2. The standard InChI is InChI=1S/C24H24BrCl2N3O4/c1-23(2,3)34-22(33)29-12-19(14-5-7-15(25)8-6-14)24(13-29)20(31)30(21(32)28(24)4)18-10-16(26)9-17(27)11-18/h5-11,19H,12-13H2,1-4H3/t19-,24+/m1/s1. The van der Waals surface area contributed by atoms with Crippen molar-refractivity contribution in [1.29, 1.82) is 0 Å². The molecule has 1 spiro atoms. The Balaban J connectivity index is 1.81. The molecule has 34 heavy (non-hydrogen) atoms. The molecule has 10 heteroatoms. The predicted octanol–water partition coefficient (Wildman–Crippen LogP) is 5.93. The number of likely N-dealkylation sites (tertiary alicyclic amines) is 1. The molecule has 7 nitrogen and oxygen atoms in total. The Morgan fingerprint density at radius 2 is 1.68 bits per heavy atom. The normalized spacial score (nSPS) is 22.8. The maximum absolute atomic E-state index is 14.1. The molecule has 4 rings (SSSR count). The number of urea groups is 1. The van der Waals surface area contributed by atoms with E-state index in [2.05, 4.69) is 15.9 Å². The second-order valence-electron chi connectivity index (χ2n) is 9.50. The Hall–Kier alpha value is -2.29. The fourth-order valence-electron chi connectivity index (χ4n) is 4.58. The van der Waals surface area contributed by atoms with Crippen LogP contribution in [-0.4, -0.2) is 59.1 Å². The number of hydrogen-bond acceptors (Lipinski definition) is 4. The van der Waals surface area contributed by atoms with Crippen LogP contribution < -0.4 is 4.90 Å². The molecule has 2 fully saturated rings. The Labute approximate surface area is 216 Å². The van der Waals surface area contributed by atoms with Crippen LogP contribution in [0.2, 0.25) is 10.0 Å². The molecule has 0 bridgehead atoms. The van der Waals surface area contributed by atoms with Gasteiger partial charge in [0.1, 0.15) is 11.1 Å². The van der Waals surface area contributed by atoms with Crippen molar-refractivity contribution < 1.29 is 19.1 Å². The second kappa shape index (κ2) is 8.73. The highest BCUT2D eigenvalue weighted by Gasteiger charge is 2.65. The maximum atomic E-state index is 14.1. The third-order valence-electron chi connectivity index (χ3n) is 6.09. The summed E-state index contributed by atoms with van der Waals surface area (Å²) in [6.45, 7) is 5.55. The summed E-state index contributed by atoms with van der Waals surface area (Å²) in [5, 5.41) is 0.607. The molecule has 180 valence electrons. The number of carbonyl (C=O) groups is 3. The van der Waals surface area contributed by atoms with Crippen molar-refractivity contribution in [2.45, 2.75) is 37.8 Å². The lowest BCUT2D eigenvalue weighted by Crippen LogP contribution is -2.54. The highest BCUT2D eigenvalue weighted by atomic mass is 79.9. The summed E-state index contributed by atoms with van der Waals surface area (Å²) in [4.78, 5) is 44.5. The van der Waals surface area contributed by atoms with Crippen molar-refractivity contribution in [3.05, 3.63) is 62.5 Å². The topological polar surface area (TPSA) is 70.2 Å². The van der Waals surface area contributed by atoms with E-state index in [1.165, 1.54) is 28.0 Å². The van der Waals surface area contributed by atoms with E-state index in [9.17, 15) is 14.4 Å². The number of likely N-dealkylation sites (N-methyl/N-ethyl adjacent to an activating group) is 1. The van der Waals surface area contributed by atoms with E-state index >= 15 is 0 Å². The van der Waals surface area contributed by atoms with Gasteiger partial charge in [0.05, 0.1) is 12.2 Å². The second-order valence-corrected chi connectivity index (χ2v) is 11.3. The number of hydrogen-bond donors (Lipinski definition) is 0. The number of anilines is 1. The molecule has 2 aliphatic rings. The molecule has 0 N–H and O–H groups in total. The van der Waals surface area contributed by atoms with Crippen LogP contribution in [0.15, 0.2) is 46.9 Å². The van der Waals surface area contributed by atoms with Crippen LogP contribution in [0.4, 0.5) is 15.3 Å². The summed E-state index contributed by atoms with van der Waals surface area (Å²) in [5.74, 6) is -0.925. The first-order valence-electron chi connectivity index (χ1n) is 10.7. The lowest BCUT2D eigenvalue weighted by molar-refractivity contribution is -0.124. The Morgan fingerprint density at radius 3 is 2.24 bits per heavy atom. The molecule has 2 aromatic rings. The average Bonchev–Trinajstić information content (AvgIpc) is 3.21. The van der Waals surface area contributed by atoms with E-state index in [1.807, 2.05) is 24.3 Å². The Kier molecular flexibility index (Phi) is 6.38. The van der Waals surface area contributed by atoms with Crippen LogP contribution in [0, 0.1) is 0 Å². The van der Waals surface area contributed by atoms with E-state index in [-0.39, 0.29) is 18.8 Å². The molecule has 0 saturated carbocycles. The molecule has 2 aromatic carbocycles. The Morgan fingerprint density at radius 1 is 1.09 bits per heavy atom. The van der Waals surface area contributed by atoms with Crippen molar-refractivity contribution in [2.24, 2.45) is 0 Å². The van der Waals surface area contributed by atoms with E-state index in [0.717, 1.165) is 14.9 Å². The summed E-state index contributed by atoms with van der Waals surface area (Å²) in [5.41, 5.74) is -0.920. The van der Waals surface area contributed by atoms with Gasteiger partial charge >= 0.3 is 12.1 Å². The molecule has 2 saturated heterocycles. The van der Waals surface area contributed by atoms with Gasteiger partial charge in [-0.3, -0.25) is 4.79 Å². The first-order chi connectivity index (χ1) is 15.8. The minimum Gasteiger partial charge on any atom is -0.444 e. The first kappa shape index (κ1) is 24.8. The van der Waals surface area contributed by atoms with Crippen LogP contribution in [-0.2, 0) is 9.53 Å². The average molecular weight is 569 g/mol. The van der Waals surface area contributed by atoms with Crippen LogP contribution in [0.25, 0.3) is 0 Å². The van der Waals surface area contributed by atoms with Crippen LogP contribution in [0.3, 0.4) is 0 Å². The SMILES string of the molecule is CN1C(=O)N(c2cc(Cl)cc(Cl)c2)C(=O)[C@@]12CN(C(=O)OC(C)(C)C)C[C@@H]2c1ccc(Br)cc1. The van der Waals surface area contributed by atoms with E-state index in [0.29, 0.717) is 10.0 Å². The minimum absolute atomic E-state index is 0.00544. The van der Waals surface area contributed by atoms with Gasteiger partial charge in [-0.2, -0.15) is 0 Å². The third kappa shape index (κ3) is 4.27. The quantitative estimate of drug-likeness (QED) is 0.421. The molecule has 0 aromatic heterocycles. The fraction of sp³-hybridized carbons (Fsp3) is 0.375. The highest BCUT2D eigenvalue weighted by Crippen LogP contribution is 2.47. The summed E-state index contributed by atoms with van der Waals surface area (Å²) in [6, 6.07) is 11.6. The minimum atomic E-state index is -1.32. The van der Waals surface area contributed by atoms with Crippen LogP contribution in [0.1, 0.15) is 32.3 Å². The van der Waals surface area contributed by atoms with Crippen molar-refractivity contribution in [3.63, 3.8) is 0 Å². The number of halogens is 3. The van der Waals surface area contributed by atoms with Gasteiger partial charge in [0.15, 0.2) is 0 Å². The predicted molar refractivity (Wildman–Crippen MR) is 135 cm³/mol. The summed E-state index contributed by atoms with van der Waals surface area (Å²) < 4.78 is 6.46. The lowest BCUT2D eigenvalue weighted by Gasteiger charge is -2.33. The van der Waals surface area contributed by atoms with E-state index < -0.39 is 35.1 Å². The van der Waals surface area contributed by atoms with Crippen molar-refractivity contribution in [3.8, 4) is 0 Å². The number of benzene rings is 2. The van der Waals surface area contributed by atoms with Crippen molar-refractivity contribution >= 4 is 62.9 Å². The molecule has 0 aliphatic carbocycles.